The van der Waals surface area contributed by atoms with Crippen molar-refractivity contribution in [2.45, 2.75) is 20.3 Å². The molecule has 2 aromatic rings. The first-order valence-electron chi connectivity index (χ1n) is 8.18. The van der Waals surface area contributed by atoms with Crippen LogP contribution in [0.1, 0.15) is 28.2 Å². The summed E-state index contributed by atoms with van der Waals surface area (Å²) in [6.45, 7) is 6.52. The normalized spacial score (nSPS) is 14.4. The van der Waals surface area contributed by atoms with Crippen LogP contribution in [0.15, 0.2) is 46.5 Å². The van der Waals surface area contributed by atoms with Crippen molar-refractivity contribution in [1.82, 2.24) is 15.2 Å². The summed E-state index contributed by atoms with van der Waals surface area (Å²) in [6, 6.07) is 10.0. The average molecular weight is 388 g/mol. The third-order valence-electron chi connectivity index (χ3n) is 4.40. The van der Waals surface area contributed by atoms with E-state index in [0.717, 1.165) is 46.6 Å². The first-order valence-corrected chi connectivity index (χ1v) is 8.98. The van der Waals surface area contributed by atoms with Crippen molar-refractivity contribution in [2.75, 3.05) is 19.6 Å². The summed E-state index contributed by atoms with van der Waals surface area (Å²) >= 11 is 3.60. The number of aromatic nitrogens is 1. The number of nitrogens with one attached hydrogen (secondary N) is 2. The summed E-state index contributed by atoms with van der Waals surface area (Å²) in [5, 5.41) is 6.34. The second-order valence-electron chi connectivity index (χ2n) is 6.07. The van der Waals surface area contributed by atoms with Crippen molar-refractivity contribution in [3.05, 3.63) is 63.4 Å². The molecule has 0 saturated carbocycles. The number of halogens is 1. The highest BCUT2D eigenvalue weighted by atomic mass is 79.9. The van der Waals surface area contributed by atoms with Gasteiger partial charge >= 0.3 is 0 Å². The van der Waals surface area contributed by atoms with Crippen LogP contribution in [0.25, 0.3) is 5.69 Å². The van der Waals surface area contributed by atoms with E-state index in [-0.39, 0.29) is 5.91 Å². The van der Waals surface area contributed by atoms with Gasteiger partial charge in [-0.25, -0.2) is 0 Å². The number of rotatable bonds is 4. The van der Waals surface area contributed by atoms with Crippen molar-refractivity contribution in [1.29, 1.82) is 0 Å². The van der Waals surface area contributed by atoms with E-state index >= 15 is 0 Å². The Labute approximate surface area is 151 Å². The number of para-hydroxylation sites is 1. The van der Waals surface area contributed by atoms with Gasteiger partial charge in [-0.15, -0.1) is 0 Å². The third kappa shape index (κ3) is 3.47. The van der Waals surface area contributed by atoms with Crippen molar-refractivity contribution < 1.29 is 4.79 Å². The number of hydrogen-bond donors (Lipinski definition) is 2. The first-order chi connectivity index (χ1) is 11.6. The van der Waals surface area contributed by atoms with Gasteiger partial charge in [0.1, 0.15) is 0 Å². The Morgan fingerprint density at radius 1 is 1.33 bits per heavy atom. The molecule has 0 atom stereocenters. The minimum Gasteiger partial charge on any atom is -0.348 e. The summed E-state index contributed by atoms with van der Waals surface area (Å²) in [7, 11) is 0. The van der Waals surface area contributed by atoms with Crippen LogP contribution >= 0.6 is 15.9 Å². The number of carbonyl (C=O) groups is 1. The fraction of sp³-hybridized carbons (Fsp3) is 0.316. The molecule has 0 fully saturated rings. The minimum absolute atomic E-state index is 0.0131. The Hall–Kier alpha value is -1.85. The van der Waals surface area contributed by atoms with Gasteiger partial charge in [-0.2, -0.15) is 0 Å². The second kappa shape index (κ2) is 7.36. The monoisotopic (exact) mass is 387 g/mol. The zero-order valence-corrected chi connectivity index (χ0v) is 15.6. The Bertz CT molecular complexity index is 792. The molecule has 1 aliphatic rings. The molecule has 2 heterocycles. The van der Waals surface area contributed by atoms with Gasteiger partial charge in [0.05, 0.1) is 11.3 Å². The maximum Gasteiger partial charge on any atom is 0.253 e. The molecule has 0 unspecified atom stereocenters. The van der Waals surface area contributed by atoms with Crippen molar-refractivity contribution >= 4 is 21.8 Å². The van der Waals surface area contributed by atoms with E-state index in [9.17, 15) is 4.79 Å². The van der Waals surface area contributed by atoms with E-state index in [1.54, 1.807) is 0 Å². The van der Waals surface area contributed by atoms with Crippen LogP contribution in [0.3, 0.4) is 0 Å². The standard InChI is InChI=1S/C19H22BrN3O/c1-13-11-16(19(24)22-12-15-7-9-21-10-8-15)14(2)23(13)18-6-4-3-5-17(18)20/h3-7,11,21H,8-10,12H2,1-2H3,(H,22,24). The van der Waals surface area contributed by atoms with Gasteiger partial charge in [0.15, 0.2) is 0 Å². The summed E-state index contributed by atoms with van der Waals surface area (Å²) in [4.78, 5) is 12.6. The van der Waals surface area contributed by atoms with Crippen LogP contribution in [-0.4, -0.2) is 30.1 Å². The van der Waals surface area contributed by atoms with Gasteiger partial charge in [0, 0.05) is 29.0 Å². The molecule has 0 radical (unpaired) electrons. The molecule has 0 aliphatic carbocycles. The molecule has 1 aliphatic heterocycles. The van der Waals surface area contributed by atoms with E-state index in [4.69, 9.17) is 0 Å². The molecule has 0 spiro atoms. The SMILES string of the molecule is Cc1cc(C(=O)NCC2=CCNCC2)c(C)n1-c1ccccc1Br. The predicted octanol–water partition coefficient (Wildman–Crippen LogP) is 3.51. The Morgan fingerprint density at radius 2 is 2.12 bits per heavy atom. The number of aryl methyl sites for hydroxylation is 1. The highest BCUT2D eigenvalue weighted by Crippen LogP contribution is 2.26. The van der Waals surface area contributed by atoms with Crippen molar-refractivity contribution in [3.8, 4) is 5.69 Å². The van der Waals surface area contributed by atoms with E-state index in [2.05, 4.69) is 37.2 Å². The second-order valence-corrected chi connectivity index (χ2v) is 6.93. The first kappa shape index (κ1) is 17.0. The van der Waals surface area contributed by atoms with Gasteiger partial charge in [0.25, 0.3) is 5.91 Å². The van der Waals surface area contributed by atoms with Crippen LogP contribution in [0.4, 0.5) is 0 Å². The minimum atomic E-state index is -0.0131. The van der Waals surface area contributed by atoms with E-state index in [1.807, 2.05) is 44.2 Å². The topological polar surface area (TPSA) is 46.1 Å². The fourth-order valence-electron chi connectivity index (χ4n) is 3.12. The molecular weight excluding hydrogens is 366 g/mol. The van der Waals surface area contributed by atoms with Gasteiger partial charge < -0.3 is 15.2 Å². The molecule has 126 valence electrons. The van der Waals surface area contributed by atoms with Crippen LogP contribution < -0.4 is 10.6 Å². The summed E-state index contributed by atoms with van der Waals surface area (Å²) in [5.41, 5.74) is 5.08. The summed E-state index contributed by atoms with van der Waals surface area (Å²) in [5.74, 6) is -0.0131. The molecular formula is C19H22BrN3O. The molecule has 1 aromatic heterocycles. The zero-order valence-electron chi connectivity index (χ0n) is 14.0. The van der Waals surface area contributed by atoms with Crippen LogP contribution in [0.2, 0.25) is 0 Å². The molecule has 3 rings (SSSR count). The van der Waals surface area contributed by atoms with Crippen LogP contribution in [0.5, 0.6) is 0 Å². The van der Waals surface area contributed by atoms with Gasteiger partial charge in [-0.1, -0.05) is 23.8 Å². The summed E-state index contributed by atoms with van der Waals surface area (Å²) < 4.78 is 3.13. The maximum atomic E-state index is 12.6. The number of nitrogens with zero attached hydrogens (tertiary/aromatic N) is 1. The highest BCUT2D eigenvalue weighted by molar-refractivity contribution is 9.10. The van der Waals surface area contributed by atoms with E-state index in [0.29, 0.717) is 6.54 Å². The largest absolute Gasteiger partial charge is 0.348 e. The number of benzene rings is 1. The molecule has 0 saturated heterocycles. The lowest BCUT2D eigenvalue weighted by Gasteiger charge is -2.15. The zero-order chi connectivity index (χ0) is 17.1. The van der Waals surface area contributed by atoms with Gasteiger partial charge in [-0.3, -0.25) is 4.79 Å². The van der Waals surface area contributed by atoms with Crippen molar-refractivity contribution in [2.24, 2.45) is 0 Å². The van der Waals surface area contributed by atoms with Crippen molar-refractivity contribution in [3.63, 3.8) is 0 Å². The smallest absolute Gasteiger partial charge is 0.253 e. The van der Waals surface area contributed by atoms with Gasteiger partial charge in [-0.05, 0) is 60.9 Å². The number of carbonyl (C=O) groups excluding carboxylic acids is 1. The van der Waals surface area contributed by atoms with Gasteiger partial charge in [0.2, 0.25) is 0 Å². The number of amides is 1. The van der Waals surface area contributed by atoms with Crippen LogP contribution in [0, 0.1) is 13.8 Å². The Balaban J connectivity index is 1.82. The Kier molecular flexibility index (Phi) is 5.21. The quantitative estimate of drug-likeness (QED) is 0.788. The molecule has 1 amide bonds. The predicted molar refractivity (Wildman–Crippen MR) is 101 cm³/mol. The maximum absolute atomic E-state index is 12.6. The molecule has 0 bridgehead atoms. The fourth-order valence-corrected chi connectivity index (χ4v) is 3.58. The lowest BCUT2D eigenvalue weighted by atomic mass is 10.1. The number of hydrogen-bond acceptors (Lipinski definition) is 2. The molecule has 5 heteroatoms. The van der Waals surface area contributed by atoms with E-state index in [1.165, 1.54) is 5.57 Å². The Morgan fingerprint density at radius 3 is 2.83 bits per heavy atom. The van der Waals surface area contributed by atoms with E-state index < -0.39 is 0 Å². The molecule has 2 N–H and O–H groups in total. The molecule has 24 heavy (non-hydrogen) atoms. The molecule has 1 aromatic carbocycles. The van der Waals surface area contributed by atoms with Crippen LogP contribution in [-0.2, 0) is 0 Å². The highest BCUT2D eigenvalue weighted by Gasteiger charge is 2.18. The third-order valence-corrected chi connectivity index (χ3v) is 5.07. The lowest BCUT2D eigenvalue weighted by Crippen LogP contribution is -2.29. The average Bonchev–Trinajstić information content (AvgIpc) is 2.89. The summed E-state index contributed by atoms with van der Waals surface area (Å²) in [6.07, 6.45) is 3.16. The lowest BCUT2D eigenvalue weighted by molar-refractivity contribution is 0.0956. The molecule has 4 nitrogen and oxygen atoms in total.